The largest absolute Gasteiger partial charge is 0.342 e. The predicted octanol–water partition coefficient (Wildman–Crippen LogP) is 3.53. The zero-order valence-electron chi connectivity index (χ0n) is 7.86. The Morgan fingerprint density at radius 3 is 2.93 bits per heavy atom. The van der Waals surface area contributed by atoms with Gasteiger partial charge < -0.3 is 4.98 Å². The summed E-state index contributed by atoms with van der Waals surface area (Å²) in [6.07, 6.45) is 1.53. The first-order chi connectivity index (χ1) is 7.22. The summed E-state index contributed by atoms with van der Waals surface area (Å²) in [6.45, 7) is 0. The van der Waals surface area contributed by atoms with Crippen molar-refractivity contribution in [2.45, 2.75) is 12.8 Å². The third-order valence-corrected chi connectivity index (χ3v) is 2.70. The van der Waals surface area contributed by atoms with Gasteiger partial charge in [0.25, 0.3) is 0 Å². The number of hydrogen-bond acceptors (Lipinski definition) is 1. The Bertz CT molecular complexity index is 481. The monoisotopic (exact) mass is 246 g/mol. The SMILES string of the molecule is Fc1c(Cl)ccc2[nH]c(CCCCl)nc12. The number of aryl methyl sites for hydroxylation is 1. The molecule has 1 aromatic carbocycles. The van der Waals surface area contributed by atoms with Crippen LogP contribution in [0.5, 0.6) is 0 Å². The van der Waals surface area contributed by atoms with Crippen LogP contribution in [-0.4, -0.2) is 15.8 Å². The second-order valence-corrected chi connectivity index (χ2v) is 4.02. The fourth-order valence-corrected chi connectivity index (χ4v) is 1.71. The van der Waals surface area contributed by atoms with Crippen LogP contribution in [0.25, 0.3) is 11.0 Å². The number of halogens is 3. The Balaban J connectivity index is 2.42. The van der Waals surface area contributed by atoms with Gasteiger partial charge in [0.15, 0.2) is 5.82 Å². The number of benzene rings is 1. The first-order valence-electron chi connectivity index (χ1n) is 4.61. The fourth-order valence-electron chi connectivity index (χ4n) is 1.42. The van der Waals surface area contributed by atoms with E-state index in [-0.39, 0.29) is 5.02 Å². The molecule has 1 aromatic heterocycles. The number of imidazole rings is 1. The summed E-state index contributed by atoms with van der Waals surface area (Å²) in [5.41, 5.74) is 0.966. The van der Waals surface area contributed by atoms with Crippen molar-refractivity contribution in [2.75, 3.05) is 5.88 Å². The number of nitrogens with zero attached hydrogens (tertiary/aromatic N) is 1. The van der Waals surface area contributed by atoms with Gasteiger partial charge in [0.05, 0.1) is 10.5 Å². The summed E-state index contributed by atoms with van der Waals surface area (Å²) in [5, 5.41) is 0.0953. The molecule has 0 aliphatic carbocycles. The van der Waals surface area contributed by atoms with E-state index in [1.54, 1.807) is 6.07 Å². The minimum Gasteiger partial charge on any atom is -0.342 e. The molecule has 0 aliphatic rings. The van der Waals surface area contributed by atoms with Gasteiger partial charge in [0, 0.05) is 12.3 Å². The molecule has 0 radical (unpaired) electrons. The molecule has 0 bridgehead atoms. The van der Waals surface area contributed by atoms with E-state index in [2.05, 4.69) is 9.97 Å². The highest BCUT2D eigenvalue weighted by Crippen LogP contribution is 2.22. The zero-order chi connectivity index (χ0) is 10.8. The van der Waals surface area contributed by atoms with Crippen LogP contribution >= 0.6 is 23.2 Å². The molecule has 0 amide bonds. The van der Waals surface area contributed by atoms with Crippen LogP contribution in [0, 0.1) is 5.82 Å². The molecule has 1 heterocycles. The Morgan fingerprint density at radius 1 is 1.40 bits per heavy atom. The molecular formula is C10H9Cl2FN2. The molecule has 80 valence electrons. The Labute approximate surface area is 96.4 Å². The number of rotatable bonds is 3. The third-order valence-electron chi connectivity index (χ3n) is 2.14. The van der Waals surface area contributed by atoms with Gasteiger partial charge in [0.2, 0.25) is 0 Å². The van der Waals surface area contributed by atoms with Gasteiger partial charge in [-0.2, -0.15) is 0 Å². The van der Waals surface area contributed by atoms with Crippen LogP contribution in [0.1, 0.15) is 12.2 Å². The Hall–Kier alpha value is -0.800. The van der Waals surface area contributed by atoms with Crippen LogP contribution in [0.15, 0.2) is 12.1 Å². The maximum absolute atomic E-state index is 13.5. The standard InChI is InChI=1S/C10H9Cl2FN2/c11-5-1-2-8-14-7-4-3-6(12)9(13)10(7)15-8/h3-4H,1-2,5H2,(H,14,15). The molecule has 0 saturated heterocycles. The molecule has 0 saturated carbocycles. The van der Waals surface area contributed by atoms with Crippen molar-refractivity contribution in [1.29, 1.82) is 0 Å². The Kier molecular flexibility index (Phi) is 3.12. The maximum atomic E-state index is 13.5. The van der Waals surface area contributed by atoms with Crippen molar-refractivity contribution < 1.29 is 4.39 Å². The number of aromatic amines is 1. The highest BCUT2D eigenvalue weighted by molar-refractivity contribution is 6.31. The van der Waals surface area contributed by atoms with Gasteiger partial charge in [-0.25, -0.2) is 9.37 Å². The number of aromatic nitrogens is 2. The normalized spacial score (nSPS) is 11.1. The highest BCUT2D eigenvalue weighted by Gasteiger charge is 2.10. The van der Waals surface area contributed by atoms with E-state index in [1.807, 2.05) is 0 Å². The van der Waals surface area contributed by atoms with Crippen LogP contribution < -0.4 is 0 Å². The summed E-state index contributed by atoms with van der Waals surface area (Å²) in [7, 11) is 0. The molecule has 0 atom stereocenters. The van der Waals surface area contributed by atoms with Crippen molar-refractivity contribution >= 4 is 34.2 Å². The van der Waals surface area contributed by atoms with Crippen molar-refractivity contribution in [3.8, 4) is 0 Å². The first kappa shape index (κ1) is 10.7. The number of fused-ring (bicyclic) bond motifs is 1. The van der Waals surface area contributed by atoms with Gasteiger partial charge in [-0.15, -0.1) is 11.6 Å². The zero-order valence-corrected chi connectivity index (χ0v) is 9.37. The molecule has 0 spiro atoms. The van der Waals surface area contributed by atoms with Gasteiger partial charge in [0.1, 0.15) is 11.3 Å². The van der Waals surface area contributed by atoms with Crippen molar-refractivity contribution in [2.24, 2.45) is 0 Å². The molecule has 2 nitrogen and oxygen atoms in total. The molecule has 15 heavy (non-hydrogen) atoms. The summed E-state index contributed by atoms with van der Waals surface area (Å²) in [5.74, 6) is 0.842. The van der Waals surface area contributed by atoms with E-state index in [0.29, 0.717) is 16.9 Å². The number of hydrogen-bond donors (Lipinski definition) is 1. The topological polar surface area (TPSA) is 28.7 Å². The lowest BCUT2D eigenvalue weighted by Crippen LogP contribution is -1.88. The molecule has 2 aromatic rings. The van der Waals surface area contributed by atoms with Crippen LogP contribution in [0.3, 0.4) is 0 Å². The van der Waals surface area contributed by atoms with Crippen LogP contribution in [0.2, 0.25) is 5.02 Å². The summed E-state index contributed by atoms with van der Waals surface area (Å²) < 4.78 is 13.5. The van der Waals surface area contributed by atoms with E-state index in [1.165, 1.54) is 6.07 Å². The lowest BCUT2D eigenvalue weighted by molar-refractivity contribution is 0.637. The van der Waals surface area contributed by atoms with E-state index >= 15 is 0 Å². The molecule has 0 fully saturated rings. The van der Waals surface area contributed by atoms with E-state index in [0.717, 1.165) is 18.7 Å². The number of nitrogens with one attached hydrogen (secondary N) is 1. The van der Waals surface area contributed by atoms with E-state index < -0.39 is 5.82 Å². The molecule has 1 N–H and O–H groups in total. The molecule has 0 aliphatic heterocycles. The van der Waals surface area contributed by atoms with Gasteiger partial charge in [-0.05, 0) is 18.6 Å². The van der Waals surface area contributed by atoms with Crippen LogP contribution in [-0.2, 0) is 6.42 Å². The van der Waals surface area contributed by atoms with Gasteiger partial charge in [-0.3, -0.25) is 0 Å². The van der Waals surface area contributed by atoms with Crippen molar-refractivity contribution in [1.82, 2.24) is 9.97 Å². The average Bonchev–Trinajstić information content (AvgIpc) is 2.64. The van der Waals surface area contributed by atoms with Gasteiger partial charge >= 0.3 is 0 Å². The van der Waals surface area contributed by atoms with Crippen molar-refractivity contribution in [3.05, 3.63) is 28.8 Å². The lowest BCUT2D eigenvalue weighted by Gasteiger charge is -1.92. The quantitative estimate of drug-likeness (QED) is 0.826. The molecule has 0 unspecified atom stereocenters. The van der Waals surface area contributed by atoms with E-state index in [9.17, 15) is 4.39 Å². The summed E-state index contributed by atoms with van der Waals surface area (Å²) in [6, 6.07) is 3.24. The van der Waals surface area contributed by atoms with Crippen molar-refractivity contribution in [3.63, 3.8) is 0 Å². The molecule has 2 rings (SSSR count). The third kappa shape index (κ3) is 2.08. The van der Waals surface area contributed by atoms with Gasteiger partial charge in [-0.1, -0.05) is 11.6 Å². The first-order valence-corrected chi connectivity index (χ1v) is 5.52. The average molecular weight is 247 g/mol. The molecular weight excluding hydrogens is 238 g/mol. The molecule has 5 heteroatoms. The maximum Gasteiger partial charge on any atom is 0.169 e. The smallest absolute Gasteiger partial charge is 0.169 e. The second kappa shape index (κ2) is 4.37. The van der Waals surface area contributed by atoms with Crippen LogP contribution in [0.4, 0.5) is 4.39 Å². The van der Waals surface area contributed by atoms with E-state index in [4.69, 9.17) is 23.2 Å². The Morgan fingerprint density at radius 2 is 2.20 bits per heavy atom. The predicted molar refractivity (Wildman–Crippen MR) is 60.1 cm³/mol. The lowest BCUT2D eigenvalue weighted by atomic mass is 10.3. The number of alkyl halides is 1. The fraction of sp³-hybridized carbons (Fsp3) is 0.300. The summed E-state index contributed by atoms with van der Waals surface area (Å²) >= 11 is 11.2. The number of H-pyrrole nitrogens is 1. The minimum atomic E-state index is -0.470. The minimum absolute atomic E-state index is 0.0953. The highest BCUT2D eigenvalue weighted by atomic mass is 35.5. The second-order valence-electron chi connectivity index (χ2n) is 3.23. The summed E-state index contributed by atoms with van der Waals surface area (Å²) in [4.78, 5) is 7.17.